The first kappa shape index (κ1) is 16.9. The van der Waals surface area contributed by atoms with Gasteiger partial charge in [-0.2, -0.15) is 5.10 Å². The summed E-state index contributed by atoms with van der Waals surface area (Å²) in [5, 5.41) is 6.89. The zero-order valence-electron chi connectivity index (χ0n) is 14.2. The van der Waals surface area contributed by atoms with Gasteiger partial charge in [-0.25, -0.2) is 4.39 Å². The number of hydrogen-bond acceptors (Lipinski definition) is 4. The summed E-state index contributed by atoms with van der Waals surface area (Å²) in [5.41, 5.74) is 0.620. The highest BCUT2D eigenvalue weighted by Crippen LogP contribution is 2.32. The van der Waals surface area contributed by atoms with Crippen molar-refractivity contribution in [3.63, 3.8) is 0 Å². The predicted molar refractivity (Wildman–Crippen MR) is 87.5 cm³/mol. The summed E-state index contributed by atoms with van der Waals surface area (Å²) in [5.74, 6) is -1.24. The Labute approximate surface area is 144 Å². The lowest BCUT2D eigenvalue weighted by Gasteiger charge is -2.26. The van der Waals surface area contributed by atoms with Crippen molar-refractivity contribution in [3.8, 4) is 5.75 Å². The summed E-state index contributed by atoms with van der Waals surface area (Å²) in [6.07, 6.45) is 1.76. The summed E-state index contributed by atoms with van der Waals surface area (Å²) < 4.78 is 20.9. The second-order valence-corrected chi connectivity index (χ2v) is 5.93. The van der Waals surface area contributed by atoms with Crippen LogP contribution >= 0.6 is 0 Å². The summed E-state index contributed by atoms with van der Waals surface area (Å²) in [4.78, 5) is 26.4. The van der Waals surface area contributed by atoms with Gasteiger partial charge in [-0.1, -0.05) is 6.07 Å². The van der Waals surface area contributed by atoms with Gasteiger partial charge in [-0.05, 0) is 18.2 Å². The lowest BCUT2D eigenvalue weighted by atomic mass is 10.0. The number of rotatable bonds is 4. The van der Waals surface area contributed by atoms with Crippen LogP contribution in [0.25, 0.3) is 0 Å². The third kappa shape index (κ3) is 2.95. The number of benzene rings is 1. The molecule has 1 saturated heterocycles. The minimum absolute atomic E-state index is 0.100. The number of likely N-dealkylation sites (tertiary alicyclic amines) is 1. The number of halogens is 1. The van der Waals surface area contributed by atoms with Gasteiger partial charge in [0.15, 0.2) is 0 Å². The van der Waals surface area contributed by atoms with Crippen molar-refractivity contribution in [2.45, 2.75) is 18.5 Å². The summed E-state index contributed by atoms with van der Waals surface area (Å²) in [6, 6.07) is 5.11. The van der Waals surface area contributed by atoms with Crippen molar-refractivity contribution >= 4 is 11.8 Å². The van der Waals surface area contributed by atoms with Crippen LogP contribution in [0.2, 0.25) is 0 Å². The highest BCUT2D eigenvalue weighted by molar-refractivity contribution is 5.98. The number of carbonyl (C=O) groups is 2. The van der Waals surface area contributed by atoms with Gasteiger partial charge in [0.2, 0.25) is 5.91 Å². The molecule has 1 fully saturated rings. The SMILES string of the molecule is COc1cccc(F)c1C(=O)N[C@@H]1CC(=O)N(C)[C@H]1c1ccnn1C. The number of aromatic nitrogens is 2. The van der Waals surface area contributed by atoms with Gasteiger partial charge >= 0.3 is 0 Å². The number of nitrogens with one attached hydrogen (secondary N) is 1. The molecule has 1 aromatic carbocycles. The molecule has 1 aromatic heterocycles. The summed E-state index contributed by atoms with van der Waals surface area (Å²) >= 11 is 0. The van der Waals surface area contributed by atoms with Crippen LogP contribution in [0.3, 0.4) is 0 Å². The van der Waals surface area contributed by atoms with E-state index in [9.17, 15) is 14.0 Å². The van der Waals surface area contributed by atoms with E-state index in [1.54, 1.807) is 35.9 Å². The maximum absolute atomic E-state index is 14.1. The Morgan fingerprint density at radius 1 is 1.36 bits per heavy atom. The average molecular weight is 346 g/mol. The van der Waals surface area contributed by atoms with E-state index < -0.39 is 17.8 Å². The van der Waals surface area contributed by atoms with Crippen LogP contribution in [0.4, 0.5) is 4.39 Å². The second-order valence-electron chi connectivity index (χ2n) is 5.93. The highest BCUT2D eigenvalue weighted by atomic mass is 19.1. The molecule has 8 heteroatoms. The Morgan fingerprint density at radius 3 is 2.76 bits per heavy atom. The van der Waals surface area contributed by atoms with Gasteiger partial charge < -0.3 is 15.0 Å². The fourth-order valence-corrected chi connectivity index (χ4v) is 3.21. The van der Waals surface area contributed by atoms with Crippen LogP contribution < -0.4 is 10.1 Å². The molecule has 7 nitrogen and oxygen atoms in total. The molecule has 132 valence electrons. The standard InChI is InChI=1S/C17H19FN4O3/c1-21-14(23)9-11(16(21)12-7-8-19-22(12)2)20-17(24)15-10(18)5-4-6-13(15)25-3/h4-8,11,16H,9H2,1-3H3,(H,20,24)/t11-,16-/m1/s1. The molecule has 0 spiro atoms. The molecule has 2 aromatic rings. The van der Waals surface area contributed by atoms with Crippen LogP contribution in [-0.2, 0) is 11.8 Å². The molecule has 0 unspecified atom stereocenters. The van der Waals surface area contributed by atoms with E-state index in [4.69, 9.17) is 4.74 Å². The molecule has 2 heterocycles. The van der Waals surface area contributed by atoms with E-state index in [0.29, 0.717) is 0 Å². The molecule has 0 aliphatic carbocycles. The van der Waals surface area contributed by atoms with Gasteiger partial charge in [0, 0.05) is 26.7 Å². The van der Waals surface area contributed by atoms with Crippen LogP contribution in [-0.4, -0.2) is 46.7 Å². The van der Waals surface area contributed by atoms with Crippen molar-refractivity contribution in [1.29, 1.82) is 0 Å². The monoisotopic (exact) mass is 346 g/mol. The van der Waals surface area contributed by atoms with Crippen LogP contribution in [0.15, 0.2) is 30.5 Å². The van der Waals surface area contributed by atoms with E-state index in [1.807, 2.05) is 0 Å². The minimum Gasteiger partial charge on any atom is -0.496 e. The largest absolute Gasteiger partial charge is 0.496 e. The van der Waals surface area contributed by atoms with Gasteiger partial charge in [0.25, 0.3) is 5.91 Å². The fourth-order valence-electron chi connectivity index (χ4n) is 3.21. The summed E-state index contributed by atoms with van der Waals surface area (Å²) in [6.45, 7) is 0. The second kappa shape index (κ2) is 6.54. The molecule has 3 rings (SSSR count). The normalized spacial score (nSPS) is 20.0. The van der Waals surface area contributed by atoms with Crippen LogP contribution in [0.1, 0.15) is 28.5 Å². The van der Waals surface area contributed by atoms with Crippen molar-refractivity contribution in [2.75, 3.05) is 14.2 Å². The van der Waals surface area contributed by atoms with Crippen molar-refractivity contribution in [2.24, 2.45) is 7.05 Å². The third-order valence-corrected chi connectivity index (χ3v) is 4.49. The average Bonchev–Trinajstić information content (AvgIpc) is 3.10. The maximum atomic E-state index is 14.1. The Bertz CT molecular complexity index is 820. The lowest BCUT2D eigenvalue weighted by molar-refractivity contribution is -0.127. The maximum Gasteiger partial charge on any atom is 0.258 e. The van der Waals surface area contributed by atoms with Gasteiger partial charge in [-0.3, -0.25) is 14.3 Å². The number of amides is 2. The van der Waals surface area contributed by atoms with E-state index in [-0.39, 0.29) is 29.7 Å². The van der Waals surface area contributed by atoms with Crippen molar-refractivity contribution in [1.82, 2.24) is 20.0 Å². The van der Waals surface area contributed by atoms with Crippen molar-refractivity contribution in [3.05, 3.63) is 47.5 Å². The number of nitrogens with zero attached hydrogens (tertiary/aromatic N) is 3. The number of carbonyl (C=O) groups excluding carboxylic acids is 2. The summed E-state index contributed by atoms with van der Waals surface area (Å²) in [7, 11) is 4.82. The third-order valence-electron chi connectivity index (χ3n) is 4.49. The molecule has 2 amide bonds. The fraction of sp³-hybridized carbons (Fsp3) is 0.353. The zero-order valence-corrected chi connectivity index (χ0v) is 14.2. The zero-order chi connectivity index (χ0) is 18.1. The molecular weight excluding hydrogens is 327 g/mol. The smallest absolute Gasteiger partial charge is 0.258 e. The van der Waals surface area contributed by atoms with Crippen LogP contribution in [0.5, 0.6) is 5.75 Å². The molecule has 0 saturated carbocycles. The number of hydrogen-bond donors (Lipinski definition) is 1. The highest BCUT2D eigenvalue weighted by Gasteiger charge is 2.41. The van der Waals surface area contributed by atoms with Gasteiger partial charge in [0.05, 0.1) is 24.9 Å². The molecule has 25 heavy (non-hydrogen) atoms. The molecule has 1 aliphatic rings. The quantitative estimate of drug-likeness (QED) is 0.905. The number of likely N-dealkylation sites (N-methyl/N-ethyl adjacent to an activating group) is 1. The Balaban J connectivity index is 1.90. The first-order chi connectivity index (χ1) is 11.9. The Morgan fingerprint density at radius 2 is 2.12 bits per heavy atom. The van der Waals surface area contributed by atoms with E-state index in [2.05, 4.69) is 10.4 Å². The number of ether oxygens (including phenoxy) is 1. The molecule has 2 atom stereocenters. The topological polar surface area (TPSA) is 76.5 Å². The van der Waals surface area contributed by atoms with Crippen molar-refractivity contribution < 1.29 is 18.7 Å². The minimum atomic E-state index is -0.674. The molecule has 0 bridgehead atoms. The Hall–Kier alpha value is -2.90. The first-order valence-electron chi connectivity index (χ1n) is 7.81. The predicted octanol–water partition coefficient (Wildman–Crippen LogP) is 1.27. The Kier molecular flexibility index (Phi) is 4.43. The molecule has 1 aliphatic heterocycles. The number of methoxy groups -OCH3 is 1. The van der Waals surface area contributed by atoms with Gasteiger partial charge in [0.1, 0.15) is 17.1 Å². The van der Waals surface area contributed by atoms with E-state index in [1.165, 1.54) is 25.3 Å². The molecular formula is C17H19FN4O3. The van der Waals surface area contributed by atoms with E-state index >= 15 is 0 Å². The van der Waals surface area contributed by atoms with E-state index in [0.717, 1.165) is 5.69 Å². The van der Waals surface area contributed by atoms with Gasteiger partial charge in [-0.15, -0.1) is 0 Å². The molecule has 0 radical (unpaired) electrons. The first-order valence-corrected chi connectivity index (χ1v) is 7.81. The number of aryl methyl sites for hydroxylation is 1. The lowest BCUT2D eigenvalue weighted by Crippen LogP contribution is -2.40. The molecule has 1 N–H and O–H groups in total. The van der Waals surface area contributed by atoms with Crippen LogP contribution in [0, 0.1) is 5.82 Å².